The van der Waals surface area contributed by atoms with Crippen LogP contribution in [0.1, 0.15) is 150 Å². The number of aliphatic hydroxyl groups is 1. The lowest BCUT2D eigenvalue weighted by atomic mass is 9.83. The van der Waals surface area contributed by atoms with Crippen LogP contribution in [-0.4, -0.2) is 60.2 Å². The van der Waals surface area contributed by atoms with Gasteiger partial charge in [-0.25, -0.2) is 4.79 Å². The third kappa shape index (κ3) is 20.2. The van der Waals surface area contributed by atoms with Gasteiger partial charge in [-0.1, -0.05) is 124 Å². The van der Waals surface area contributed by atoms with Crippen LogP contribution in [0.4, 0.5) is 0 Å². The summed E-state index contributed by atoms with van der Waals surface area (Å²) in [4.78, 5) is 9.45. The monoisotopic (exact) mass is 543 g/mol. The first-order valence-electron chi connectivity index (χ1n) is 16.3. The van der Waals surface area contributed by atoms with Gasteiger partial charge in [0.1, 0.15) is 6.10 Å². The number of hydrogen-bond donors (Lipinski definition) is 4. The Hall–Kier alpha value is -0.690. The van der Waals surface area contributed by atoms with Crippen molar-refractivity contribution < 1.29 is 19.7 Å². The summed E-state index contributed by atoms with van der Waals surface area (Å²) in [6.07, 6.45) is 24.0. The predicted octanol–water partition coefficient (Wildman–Crippen LogP) is 7.47. The van der Waals surface area contributed by atoms with Crippen LogP contribution in [0.2, 0.25) is 0 Å². The van der Waals surface area contributed by atoms with E-state index in [9.17, 15) is 4.79 Å². The first kappa shape index (κ1) is 37.3. The Bertz CT molecular complexity index is 522. The summed E-state index contributed by atoms with van der Waals surface area (Å²) >= 11 is 0. The number of carboxylic acid groups (broad SMARTS) is 1. The zero-order chi connectivity index (χ0) is 28.5. The maximum absolute atomic E-state index is 9.45. The molecule has 0 spiro atoms. The van der Waals surface area contributed by atoms with Gasteiger partial charge < -0.3 is 25.6 Å². The Morgan fingerprint density at radius 2 is 1.29 bits per heavy atom. The number of aliphatic carboxylic acids is 1. The molecule has 0 saturated carbocycles. The molecule has 0 radical (unpaired) electrons. The minimum absolute atomic E-state index is 0.0176. The summed E-state index contributed by atoms with van der Waals surface area (Å²) in [5.74, 6) is -0.517. The fourth-order valence-electron chi connectivity index (χ4n) is 5.52. The van der Waals surface area contributed by atoms with Crippen LogP contribution in [0, 0.1) is 5.92 Å². The van der Waals surface area contributed by atoms with Crippen molar-refractivity contribution in [2.75, 3.05) is 26.2 Å². The van der Waals surface area contributed by atoms with Crippen molar-refractivity contribution >= 4 is 5.97 Å². The van der Waals surface area contributed by atoms with E-state index in [1.165, 1.54) is 110 Å². The van der Waals surface area contributed by atoms with E-state index in [1.807, 2.05) is 0 Å². The van der Waals surface area contributed by atoms with Crippen molar-refractivity contribution in [3.63, 3.8) is 0 Å². The molecule has 228 valence electrons. The molecule has 4 N–H and O–H groups in total. The summed E-state index contributed by atoms with van der Waals surface area (Å²) in [7, 11) is 0. The van der Waals surface area contributed by atoms with Gasteiger partial charge in [0.15, 0.2) is 0 Å². The first-order valence-corrected chi connectivity index (χ1v) is 16.3. The largest absolute Gasteiger partial charge is 0.479 e. The minimum atomic E-state index is -1.23. The summed E-state index contributed by atoms with van der Waals surface area (Å²) < 4.78 is 6.39. The van der Waals surface area contributed by atoms with Gasteiger partial charge in [-0.05, 0) is 38.6 Å². The molecule has 1 rings (SSSR count). The van der Waals surface area contributed by atoms with Crippen LogP contribution < -0.4 is 10.6 Å². The normalized spacial score (nSPS) is 19.1. The lowest BCUT2D eigenvalue weighted by Gasteiger charge is -2.45. The number of carboxylic acids is 1. The van der Waals surface area contributed by atoms with Gasteiger partial charge in [-0.15, -0.1) is 0 Å². The standard InChI is InChI=1S/C29H60N2O.C3H6O3/c1-5-7-8-9-10-11-12-13-14-15-16-17-18-19-20-21-22-31-28(6-2)29(25-27(3)4)26-30-23-24-32-29;1-2(4)3(5)6/h27-28,30-31H,5-26H2,1-4H3;2,4H,1H3,(H,5,6). The highest BCUT2D eigenvalue weighted by molar-refractivity contribution is 5.71. The quantitative estimate of drug-likeness (QED) is 0.100. The molecule has 3 unspecified atom stereocenters. The van der Waals surface area contributed by atoms with E-state index < -0.39 is 12.1 Å². The van der Waals surface area contributed by atoms with Crippen LogP contribution >= 0.6 is 0 Å². The molecule has 6 nitrogen and oxygen atoms in total. The molecule has 38 heavy (non-hydrogen) atoms. The fourth-order valence-corrected chi connectivity index (χ4v) is 5.52. The minimum Gasteiger partial charge on any atom is -0.479 e. The van der Waals surface area contributed by atoms with E-state index >= 15 is 0 Å². The molecule has 0 aromatic rings. The van der Waals surface area contributed by atoms with Crippen LogP contribution in [0.3, 0.4) is 0 Å². The fraction of sp³-hybridized carbons (Fsp3) is 0.969. The van der Waals surface area contributed by atoms with Crippen LogP contribution in [0.5, 0.6) is 0 Å². The zero-order valence-corrected chi connectivity index (χ0v) is 26.0. The van der Waals surface area contributed by atoms with Crippen molar-refractivity contribution in [2.45, 2.75) is 168 Å². The van der Waals surface area contributed by atoms with Gasteiger partial charge >= 0.3 is 5.97 Å². The molecular formula is C32H66N2O4. The van der Waals surface area contributed by atoms with E-state index in [0.717, 1.165) is 39.1 Å². The summed E-state index contributed by atoms with van der Waals surface area (Å²) in [5, 5.41) is 23.2. The third-order valence-corrected chi connectivity index (χ3v) is 7.67. The average molecular weight is 543 g/mol. The topological polar surface area (TPSA) is 90.8 Å². The van der Waals surface area contributed by atoms with Crippen LogP contribution in [0.25, 0.3) is 0 Å². The zero-order valence-electron chi connectivity index (χ0n) is 26.0. The lowest BCUT2D eigenvalue weighted by Crippen LogP contribution is -2.61. The van der Waals surface area contributed by atoms with Gasteiger partial charge in [0.25, 0.3) is 0 Å². The Morgan fingerprint density at radius 1 is 0.842 bits per heavy atom. The second kappa shape index (κ2) is 25.3. The number of ether oxygens (including phenoxy) is 1. The van der Waals surface area contributed by atoms with Crippen molar-refractivity contribution in [3.05, 3.63) is 0 Å². The van der Waals surface area contributed by atoms with E-state index in [4.69, 9.17) is 14.9 Å². The third-order valence-electron chi connectivity index (χ3n) is 7.67. The smallest absolute Gasteiger partial charge is 0.332 e. The van der Waals surface area contributed by atoms with Gasteiger partial charge in [0, 0.05) is 19.1 Å². The SMILES string of the molecule is CC(O)C(=O)O.CCCCCCCCCCCCCCCCCCNC(CC)C1(CC(C)C)CNCCO1. The van der Waals surface area contributed by atoms with Crippen LogP contribution in [-0.2, 0) is 9.53 Å². The molecule has 1 heterocycles. The molecule has 1 saturated heterocycles. The van der Waals surface area contributed by atoms with Gasteiger partial charge in [-0.2, -0.15) is 0 Å². The molecule has 6 heteroatoms. The Labute approximate surface area is 236 Å². The van der Waals surface area contributed by atoms with E-state index in [2.05, 4.69) is 38.3 Å². The number of rotatable bonds is 23. The van der Waals surface area contributed by atoms with Crippen LogP contribution in [0.15, 0.2) is 0 Å². The number of hydrogen-bond acceptors (Lipinski definition) is 5. The van der Waals surface area contributed by atoms with Crippen molar-refractivity contribution in [3.8, 4) is 0 Å². The molecule has 1 fully saturated rings. The number of carbonyl (C=O) groups is 1. The Balaban J connectivity index is 0.00000203. The molecule has 0 aliphatic carbocycles. The highest BCUT2D eigenvalue weighted by Crippen LogP contribution is 2.28. The predicted molar refractivity (Wildman–Crippen MR) is 162 cm³/mol. The molecule has 0 aromatic carbocycles. The maximum Gasteiger partial charge on any atom is 0.332 e. The highest BCUT2D eigenvalue weighted by Gasteiger charge is 2.40. The molecular weight excluding hydrogens is 476 g/mol. The van der Waals surface area contributed by atoms with E-state index in [-0.39, 0.29) is 5.60 Å². The second-order valence-corrected chi connectivity index (χ2v) is 11.9. The van der Waals surface area contributed by atoms with Gasteiger partial charge in [0.05, 0.1) is 12.2 Å². The molecule has 0 aromatic heterocycles. The lowest BCUT2D eigenvalue weighted by molar-refractivity contribution is -0.145. The number of morpholine rings is 1. The second-order valence-electron chi connectivity index (χ2n) is 11.9. The number of nitrogens with one attached hydrogen (secondary N) is 2. The molecule has 0 bridgehead atoms. The van der Waals surface area contributed by atoms with Crippen molar-refractivity contribution in [1.82, 2.24) is 10.6 Å². The van der Waals surface area contributed by atoms with E-state index in [0.29, 0.717) is 12.0 Å². The molecule has 3 atom stereocenters. The highest BCUT2D eigenvalue weighted by atomic mass is 16.5. The maximum atomic E-state index is 9.45. The van der Waals surface area contributed by atoms with Gasteiger partial charge in [0.2, 0.25) is 0 Å². The average Bonchev–Trinajstić information content (AvgIpc) is 2.88. The number of aliphatic hydroxyl groups excluding tert-OH is 1. The Kier molecular flexibility index (Phi) is 24.8. The molecule has 1 aliphatic heterocycles. The summed E-state index contributed by atoms with van der Waals surface area (Å²) in [6.45, 7) is 14.4. The first-order chi connectivity index (χ1) is 18.3. The summed E-state index contributed by atoms with van der Waals surface area (Å²) in [6, 6.07) is 0.467. The van der Waals surface area contributed by atoms with Crippen molar-refractivity contribution in [2.24, 2.45) is 5.92 Å². The summed E-state index contributed by atoms with van der Waals surface area (Å²) in [5.41, 5.74) is -0.0176. The van der Waals surface area contributed by atoms with Crippen molar-refractivity contribution in [1.29, 1.82) is 0 Å². The molecule has 0 amide bonds. The van der Waals surface area contributed by atoms with Gasteiger partial charge in [-0.3, -0.25) is 0 Å². The Morgan fingerprint density at radius 3 is 1.63 bits per heavy atom. The number of unbranched alkanes of at least 4 members (excludes halogenated alkanes) is 15. The van der Waals surface area contributed by atoms with E-state index in [1.54, 1.807) is 0 Å². The molecule has 1 aliphatic rings.